The van der Waals surface area contributed by atoms with Crippen molar-refractivity contribution in [2.45, 2.75) is 12.8 Å². The summed E-state index contributed by atoms with van der Waals surface area (Å²) >= 11 is 0. The van der Waals surface area contributed by atoms with Crippen molar-refractivity contribution in [3.8, 4) is 0 Å². The smallest absolute Gasteiger partial charge is 0.292 e. The fourth-order valence-corrected chi connectivity index (χ4v) is 2.26. The molecule has 1 saturated heterocycles. The first-order valence-electron chi connectivity index (χ1n) is 6.33. The van der Waals surface area contributed by atoms with Gasteiger partial charge in [0, 0.05) is 31.2 Å². The Morgan fingerprint density at radius 3 is 2.68 bits per heavy atom. The molecule has 0 spiro atoms. The minimum atomic E-state index is -0.405. The maximum absolute atomic E-state index is 10.9. The second-order valence-electron chi connectivity index (χ2n) is 4.90. The van der Waals surface area contributed by atoms with Crippen LogP contribution >= 0.6 is 0 Å². The quantitative estimate of drug-likeness (QED) is 0.627. The average molecular weight is 266 g/mol. The van der Waals surface area contributed by atoms with Crippen LogP contribution in [0.3, 0.4) is 0 Å². The lowest BCUT2D eigenvalue weighted by molar-refractivity contribution is -0.384. The van der Waals surface area contributed by atoms with Gasteiger partial charge in [-0.15, -0.1) is 0 Å². The number of rotatable bonds is 5. The van der Waals surface area contributed by atoms with Crippen molar-refractivity contribution in [1.29, 1.82) is 0 Å². The van der Waals surface area contributed by atoms with E-state index in [1.807, 2.05) is 0 Å². The molecule has 1 heterocycles. The Bertz CT molecular complexity index is 444. The number of hydrogen-bond acceptors (Lipinski definition) is 5. The molecule has 6 heteroatoms. The van der Waals surface area contributed by atoms with Gasteiger partial charge in [0.05, 0.1) is 11.5 Å². The highest BCUT2D eigenvalue weighted by Crippen LogP contribution is 2.32. The monoisotopic (exact) mass is 266 g/mol. The van der Waals surface area contributed by atoms with E-state index in [1.54, 1.807) is 18.2 Å². The second kappa shape index (κ2) is 5.99. The predicted molar refractivity (Wildman–Crippen MR) is 71.2 cm³/mol. The van der Waals surface area contributed by atoms with Crippen LogP contribution in [0.5, 0.6) is 0 Å². The Labute approximate surface area is 111 Å². The topological polar surface area (TPSA) is 84.6 Å². The summed E-state index contributed by atoms with van der Waals surface area (Å²) in [6, 6.07) is 6.55. The number of nitro groups is 1. The second-order valence-corrected chi connectivity index (χ2v) is 4.90. The zero-order chi connectivity index (χ0) is 13.7. The molecule has 1 aromatic carbocycles. The lowest BCUT2D eigenvalue weighted by Crippen LogP contribution is -2.39. The van der Waals surface area contributed by atoms with E-state index in [2.05, 4.69) is 5.32 Å². The number of aliphatic hydroxyl groups is 1. The summed E-state index contributed by atoms with van der Waals surface area (Å²) in [5, 5.41) is 23.6. The molecule has 0 atom stereocenters. The molecule has 1 aliphatic heterocycles. The Balaban J connectivity index is 2.07. The van der Waals surface area contributed by atoms with Crippen molar-refractivity contribution in [3.05, 3.63) is 34.4 Å². The number of hydrogen-bond donors (Lipinski definition) is 2. The van der Waals surface area contributed by atoms with Crippen LogP contribution < -0.4 is 5.32 Å². The molecule has 2 rings (SSSR count). The molecular weight excluding hydrogens is 248 g/mol. The third-order valence-corrected chi connectivity index (χ3v) is 3.64. The van der Waals surface area contributed by atoms with Crippen LogP contribution in [0.15, 0.2) is 24.3 Å². The standard InChI is InChI=1S/C13H18N2O4/c16-10-13(5-7-19-8-6-13)9-14-11-3-1-2-4-12(11)15(17)18/h1-4,14,16H,5-10H2. The lowest BCUT2D eigenvalue weighted by atomic mass is 9.81. The fourth-order valence-electron chi connectivity index (χ4n) is 2.26. The predicted octanol–water partition coefficient (Wildman–Crippen LogP) is 1.80. The van der Waals surface area contributed by atoms with Gasteiger partial charge in [0.15, 0.2) is 0 Å². The first-order valence-corrected chi connectivity index (χ1v) is 6.33. The molecule has 104 valence electrons. The molecule has 1 aromatic rings. The highest BCUT2D eigenvalue weighted by Gasteiger charge is 2.32. The normalized spacial score (nSPS) is 17.9. The molecule has 0 radical (unpaired) electrons. The number of aliphatic hydroxyl groups excluding tert-OH is 1. The molecule has 0 amide bonds. The van der Waals surface area contributed by atoms with E-state index in [4.69, 9.17) is 4.74 Å². The lowest BCUT2D eigenvalue weighted by Gasteiger charge is -2.35. The summed E-state index contributed by atoms with van der Waals surface area (Å²) in [4.78, 5) is 10.5. The highest BCUT2D eigenvalue weighted by molar-refractivity contribution is 5.61. The maximum atomic E-state index is 10.9. The Morgan fingerprint density at radius 1 is 1.37 bits per heavy atom. The molecule has 0 unspecified atom stereocenters. The van der Waals surface area contributed by atoms with Gasteiger partial charge in [-0.25, -0.2) is 0 Å². The first-order chi connectivity index (χ1) is 9.17. The van der Waals surface area contributed by atoms with Gasteiger partial charge < -0.3 is 15.2 Å². The van der Waals surface area contributed by atoms with E-state index < -0.39 is 4.92 Å². The molecule has 0 aliphatic carbocycles. The van der Waals surface area contributed by atoms with E-state index in [9.17, 15) is 15.2 Å². The number of para-hydroxylation sites is 2. The molecule has 0 aromatic heterocycles. The summed E-state index contributed by atoms with van der Waals surface area (Å²) in [7, 11) is 0. The van der Waals surface area contributed by atoms with Gasteiger partial charge in [0.25, 0.3) is 5.69 Å². The summed E-state index contributed by atoms with van der Waals surface area (Å²) in [5.74, 6) is 0. The van der Waals surface area contributed by atoms with Crippen LogP contribution in [0.4, 0.5) is 11.4 Å². The number of nitro benzene ring substituents is 1. The summed E-state index contributed by atoms with van der Waals surface area (Å²) < 4.78 is 5.29. The number of nitrogens with zero attached hydrogens (tertiary/aromatic N) is 1. The Morgan fingerprint density at radius 2 is 2.05 bits per heavy atom. The molecule has 0 saturated carbocycles. The van der Waals surface area contributed by atoms with Crippen LogP contribution in [0, 0.1) is 15.5 Å². The molecule has 19 heavy (non-hydrogen) atoms. The van der Waals surface area contributed by atoms with Crippen LogP contribution in [-0.4, -0.2) is 36.4 Å². The molecule has 0 bridgehead atoms. The molecule has 6 nitrogen and oxygen atoms in total. The van der Waals surface area contributed by atoms with Crippen molar-refractivity contribution in [3.63, 3.8) is 0 Å². The van der Waals surface area contributed by atoms with E-state index >= 15 is 0 Å². The average Bonchev–Trinajstić information content (AvgIpc) is 2.46. The zero-order valence-corrected chi connectivity index (χ0v) is 10.7. The molecule has 1 fully saturated rings. The number of benzene rings is 1. The van der Waals surface area contributed by atoms with E-state index in [0.29, 0.717) is 25.4 Å². The number of ether oxygens (including phenoxy) is 1. The van der Waals surface area contributed by atoms with Crippen molar-refractivity contribution < 1.29 is 14.8 Å². The Hall–Kier alpha value is -1.66. The third-order valence-electron chi connectivity index (χ3n) is 3.64. The van der Waals surface area contributed by atoms with Gasteiger partial charge in [0.2, 0.25) is 0 Å². The minimum Gasteiger partial charge on any atom is -0.396 e. The van der Waals surface area contributed by atoms with Crippen molar-refractivity contribution in [1.82, 2.24) is 0 Å². The molecular formula is C13H18N2O4. The first kappa shape index (κ1) is 13.8. The van der Waals surface area contributed by atoms with Crippen molar-refractivity contribution in [2.75, 3.05) is 31.7 Å². The van der Waals surface area contributed by atoms with Gasteiger partial charge in [-0.1, -0.05) is 12.1 Å². The third kappa shape index (κ3) is 3.21. The summed E-state index contributed by atoms with van der Waals surface area (Å²) in [6.07, 6.45) is 1.52. The SMILES string of the molecule is O=[N+]([O-])c1ccccc1NCC1(CO)CCOCC1. The van der Waals surface area contributed by atoms with Gasteiger partial charge in [0.1, 0.15) is 5.69 Å². The van der Waals surface area contributed by atoms with Gasteiger partial charge in [-0.3, -0.25) is 10.1 Å². The van der Waals surface area contributed by atoms with Crippen LogP contribution in [-0.2, 0) is 4.74 Å². The van der Waals surface area contributed by atoms with Gasteiger partial charge >= 0.3 is 0 Å². The largest absolute Gasteiger partial charge is 0.396 e. The fraction of sp³-hybridized carbons (Fsp3) is 0.538. The molecule has 1 aliphatic rings. The van der Waals surface area contributed by atoms with E-state index in [0.717, 1.165) is 12.8 Å². The van der Waals surface area contributed by atoms with Gasteiger partial charge in [-0.05, 0) is 18.9 Å². The van der Waals surface area contributed by atoms with E-state index in [1.165, 1.54) is 6.07 Å². The van der Waals surface area contributed by atoms with Crippen LogP contribution in [0.1, 0.15) is 12.8 Å². The van der Waals surface area contributed by atoms with Crippen LogP contribution in [0.2, 0.25) is 0 Å². The highest BCUT2D eigenvalue weighted by atomic mass is 16.6. The van der Waals surface area contributed by atoms with Crippen molar-refractivity contribution >= 4 is 11.4 Å². The van der Waals surface area contributed by atoms with Gasteiger partial charge in [-0.2, -0.15) is 0 Å². The zero-order valence-electron chi connectivity index (χ0n) is 10.7. The van der Waals surface area contributed by atoms with E-state index in [-0.39, 0.29) is 17.7 Å². The number of nitrogens with one attached hydrogen (secondary N) is 1. The summed E-state index contributed by atoms with van der Waals surface area (Å²) in [5.41, 5.74) is 0.302. The Kier molecular flexibility index (Phi) is 4.34. The van der Waals surface area contributed by atoms with Crippen LogP contribution in [0.25, 0.3) is 0 Å². The maximum Gasteiger partial charge on any atom is 0.292 e. The molecule has 2 N–H and O–H groups in total. The van der Waals surface area contributed by atoms with Crippen molar-refractivity contribution in [2.24, 2.45) is 5.41 Å². The summed E-state index contributed by atoms with van der Waals surface area (Å²) in [6.45, 7) is 1.82. The minimum absolute atomic E-state index is 0.0580. The number of anilines is 1.